The van der Waals surface area contributed by atoms with Crippen molar-refractivity contribution in [2.24, 2.45) is 0 Å². The van der Waals surface area contributed by atoms with Crippen molar-refractivity contribution in [3.8, 4) is 0 Å². The van der Waals surface area contributed by atoms with Crippen LogP contribution in [0.2, 0.25) is 0 Å². The minimum Gasteiger partial charge on any atom is -0.354 e. The molecule has 11 heavy (non-hydrogen) atoms. The molecule has 1 aliphatic rings. The summed E-state index contributed by atoms with van der Waals surface area (Å²) in [4.78, 5) is 10.5. The van der Waals surface area contributed by atoms with Gasteiger partial charge < -0.3 is 14.8 Å². The summed E-state index contributed by atoms with van der Waals surface area (Å²) in [6, 6.07) is 0. The summed E-state index contributed by atoms with van der Waals surface area (Å²) in [6.45, 7) is 4.44. The standard InChI is InChI=1S/C7H13NO3/c1-5(9)8-3-7-4-10-6(2)11-7/h6-7H,3-4H2,1-2H3,(H,8,9). The number of carbonyl (C=O) groups is 1. The fraction of sp³-hybridized carbons (Fsp3) is 0.857. The third-order valence-electron chi connectivity index (χ3n) is 1.48. The zero-order valence-corrected chi connectivity index (χ0v) is 6.79. The summed E-state index contributed by atoms with van der Waals surface area (Å²) >= 11 is 0. The molecule has 0 aliphatic carbocycles. The summed E-state index contributed by atoms with van der Waals surface area (Å²) in [5.41, 5.74) is 0. The predicted molar refractivity (Wildman–Crippen MR) is 39.0 cm³/mol. The first-order valence-electron chi connectivity index (χ1n) is 3.70. The lowest BCUT2D eigenvalue weighted by atomic mass is 10.4. The second kappa shape index (κ2) is 3.69. The van der Waals surface area contributed by atoms with Crippen molar-refractivity contribution in [1.82, 2.24) is 5.32 Å². The van der Waals surface area contributed by atoms with Crippen LogP contribution in [0.5, 0.6) is 0 Å². The Labute approximate surface area is 65.9 Å². The molecule has 1 amide bonds. The Morgan fingerprint density at radius 2 is 2.45 bits per heavy atom. The molecule has 0 saturated carbocycles. The number of ether oxygens (including phenoxy) is 2. The van der Waals surface area contributed by atoms with Crippen LogP contribution in [0.1, 0.15) is 13.8 Å². The molecular weight excluding hydrogens is 146 g/mol. The maximum Gasteiger partial charge on any atom is 0.216 e. The maximum absolute atomic E-state index is 10.5. The van der Waals surface area contributed by atoms with E-state index >= 15 is 0 Å². The van der Waals surface area contributed by atoms with Crippen molar-refractivity contribution in [3.63, 3.8) is 0 Å². The maximum atomic E-state index is 10.5. The molecule has 4 heteroatoms. The molecule has 0 aromatic carbocycles. The van der Waals surface area contributed by atoms with Gasteiger partial charge in [-0.3, -0.25) is 4.79 Å². The molecule has 0 bridgehead atoms. The van der Waals surface area contributed by atoms with Gasteiger partial charge in [-0.05, 0) is 6.92 Å². The van der Waals surface area contributed by atoms with Gasteiger partial charge in [-0.2, -0.15) is 0 Å². The lowest BCUT2D eigenvalue weighted by Gasteiger charge is -2.07. The van der Waals surface area contributed by atoms with Crippen LogP contribution in [0.3, 0.4) is 0 Å². The van der Waals surface area contributed by atoms with Crippen LogP contribution in [0, 0.1) is 0 Å². The summed E-state index contributed by atoms with van der Waals surface area (Å²) in [6.07, 6.45) is -0.109. The van der Waals surface area contributed by atoms with E-state index in [0.29, 0.717) is 13.2 Å². The average molecular weight is 159 g/mol. The first-order chi connectivity index (χ1) is 5.18. The first-order valence-corrected chi connectivity index (χ1v) is 3.70. The van der Waals surface area contributed by atoms with Crippen molar-refractivity contribution >= 4 is 5.91 Å². The minimum atomic E-state index is -0.131. The highest BCUT2D eigenvalue weighted by atomic mass is 16.7. The molecule has 1 rings (SSSR count). The Bertz CT molecular complexity index is 149. The average Bonchev–Trinajstić information content (AvgIpc) is 2.31. The molecular formula is C7H13NO3. The van der Waals surface area contributed by atoms with E-state index in [2.05, 4.69) is 5.32 Å². The number of rotatable bonds is 2. The summed E-state index contributed by atoms with van der Waals surface area (Å²) in [5, 5.41) is 2.66. The Morgan fingerprint density at radius 3 is 2.91 bits per heavy atom. The zero-order valence-electron chi connectivity index (χ0n) is 6.79. The lowest BCUT2D eigenvalue weighted by molar-refractivity contribution is -0.119. The molecule has 0 radical (unpaired) electrons. The Kier molecular flexibility index (Phi) is 2.84. The highest BCUT2D eigenvalue weighted by Gasteiger charge is 2.21. The molecule has 64 valence electrons. The molecule has 1 aliphatic heterocycles. The number of carbonyl (C=O) groups excluding carboxylic acids is 1. The van der Waals surface area contributed by atoms with Crippen molar-refractivity contribution in [2.75, 3.05) is 13.2 Å². The largest absolute Gasteiger partial charge is 0.354 e. The van der Waals surface area contributed by atoms with Gasteiger partial charge in [0.15, 0.2) is 6.29 Å². The number of hydrogen-bond acceptors (Lipinski definition) is 3. The van der Waals surface area contributed by atoms with E-state index in [1.807, 2.05) is 6.92 Å². The highest BCUT2D eigenvalue weighted by molar-refractivity contribution is 5.72. The SMILES string of the molecule is CC(=O)NCC1COC(C)O1. The first kappa shape index (κ1) is 8.49. The van der Waals surface area contributed by atoms with Crippen LogP contribution in [-0.2, 0) is 14.3 Å². The van der Waals surface area contributed by atoms with E-state index < -0.39 is 0 Å². The van der Waals surface area contributed by atoms with Gasteiger partial charge in [-0.15, -0.1) is 0 Å². The van der Waals surface area contributed by atoms with E-state index in [1.165, 1.54) is 6.92 Å². The second-order valence-corrected chi connectivity index (χ2v) is 2.60. The van der Waals surface area contributed by atoms with Gasteiger partial charge >= 0.3 is 0 Å². The van der Waals surface area contributed by atoms with Gasteiger partial charge in [0.2, 0.25) is 5.91 Å². The van der Waals surface area contributed by atoms with E-state index in [4.69, 9.17) is 9.47 Å². The normalized spacial score (nSPS) is 30.4. The monoisotopic (exact) mass is 159 g/mol. The molecule has 2 unspecified atom stereocenters. The van der Waals surface area contributed by atoms with Crippen molar-refractivity contribution in [3.05, 3.63) is 0 Å². The highest BCUT2D eigenvalue weighted by Crippen LogP contribution is 2.09. The van der Waals surface area contributed by atoms with E-state index in [-0.39, 0.29) is 18.3 Å². The molecule has 1 heterocycles. The molecule has 1 fully saturated rings. The molecule has 1 saturated heterocycles. The van der Waals surface area contributed by atoms with E-state index in [1.54, 1.807) is 0 Å². The van der Waals surface area contributed by atoms with Gasteiger partial charge in [0.25, 0.3) is 0 Å². The number of nitrogens with one attached hydrogen (secondary N) is 1. The fourth-order valence-corrected chi connectivity index (χ4v) is 0.957. The number of hydrogen-bond donors (Lipinski definition) is 1. The quantitative estimate of drug-likeness (QED) is 0.611. The van der Waals surface area contributed by atoms with Crippen molar-refractivity contribution in [2.45, 2.75) is 26.2 Å². The van der Waals surface area contributed by atoms with Gasteiger partial charge in [-0.1, -0.05) is 0 Å². The van der Waals surface area contributed by atoms with Crippen LogP contribution < -0.4 is 5.32 Å². The summed E-state index contributed by atoms with van der Waals surface area (Å²) < 4.78 is 10.4. The second-order valence-electron chi connectivity index (χ2n) is 2.60. The van der Waals surface area contributed by atoms with Crippen LogP contribution >= 0.6 is 0 Å². The Balaban J connectivity index is 2.13. The van der Waals surface area contributed by atoms with Crippen LogP contribution in [0.4, 0.5) is 0 Å². The van der Waals surface area contributed by atoms with Crippen molar-refractivity contribution in [1.29, 1.82) is 0 Å². The fourth-order valence-electron chi connectivity index (χ4n) is 0.957. The zero-order chi connectivity index (χ0) is 8.27. The smallest absolute Gasteiger partial charge is 0.216 e. The van der Waals surface area contributed by atoms with Gasteiger partial charge in [-0.25, -0.2) is 0 Å². The van der Waals surface area contributed by atoms with Crippen LogP contribution in [0.15, 0.2) is 0 Å². The summed E-state index contributed by atoms with van der Waals surface area (Å²) in [7, 11) is 0. The molecule has 0 aromatic heterocycles. The third-order valence-corrected chi connectivity index (χ3v) is 1.48. The third kappa shape index (κ3) is 2.86. The Morgan fingerprint density at radius 1 is 1.73 bits per heavy atom. The van der Waals surface area contributed by atoms with Crippen LogP contribution in [-0.4, -0.2) is 31.5 Å². The number of amides is 1. The van der Waals surface area contributed by atoms with Gasteiger partial charge in [0.1, 0.15) is 6.10 Å². The molecule has 0 spiro atoms. The topological polar surface area (TPSA) is 47.6 Å². The molecule has 1 N–H and O–H groups in total. The van der Waals surface area contributed by atoms with Gasteiger partial charge in [0.05, 0.1) is 6.61 Å². The molecule has 2 atom stereocenters. The summed E-state index contributed by atoms with van der Waals surface area (Å²) in [5.74, 6) is -0.0341. The van der Waals surface area contributed by atoms with Crippen LogP contribution in [0.25, 0.3) is 0 Å². The van der Waals surface area contributed by atoms with E-state index in [9.17, 15) is 4.79 Å². The van der Waals surface area contributed by atoms with Crippen molar-refractivity contribution < 1.29 is 14.3 Å². The Hall–Kier alpha value is -0.610. The lowest BCUT2D eigenvalue weighted by Crippen LogP contribution is -2.31. The van der Waals surface area contributed by atoms with Gasteiger partial charge in [0, 0.05) is 13.5 Å². The molecule has 0 aromatic rings. The minimum absolute atomic E-state index is 0.0221. The van der Waals surface area contributed by atoms with E-state index in [0.717, 1.165) is 0 Å². The predicted octanol–water partition coefficient (Wildman–Crippen LogP) is -0.116. The molecule has 4 nitrogen and oxygen atoms in total.